The van der Waals surface area contributed by atoms with Crippen molar-refractivity contribution in [2.45, 2.75) is 96.0 Å². The predicted octanol–water partition coefficient (Wildman–Crippen LogP) is 5.41. The van der Waals surface area contributed by atoms with E-state index in [4.69, 9.17) is 4.74 Å². The maximum atomic E-state index is 13.3. The maximum Gasteiger partial charge on any atom is 0.305 e. The van der Waals surface area contributed by atoms with Crippen LogP contribution < -0.4 is 0 Å². The number of hydrogen-bond acceptors (Lipinski definition) is 3. The molecule has 0 spiro atoms. The van der Waals surface area contributed by atoms with Crippen molar-refractivity contribution in [1.82, 2.24) is 0 Å². The van der Waals surface area contributed by atoms with Crippen LogP contribution in [0.2, 0.25) is 18.0 Å². The highest BCUT2D eigenvalue weighted by molar-refractivity contribution is 6.66. The first-order valence-corrected chi connectivity index (χ1v) is 11.5. The van der Waals surface area contributed by atoms with E-state index in [0.717, 1.165) is 19.2 Å². The molecule has 0 aromatic carbocycles. The molecular formula is C23H37BO3. The zero-order valence-corrected chi connectivity index (χ0v) is 17.6. The molecule has 4 rings (SSSR count). The van der Waals surface area contributed by atoms with Crippen LogP contribution in [0.4, 0.5) is 0 Å². The Balaban J connectivity index is 1.50. The molecule has 2 saturated carbocycles. The van der Waals surface area contributed by atoms with Crippen LogP contribution in [0.15, 0.2) is 0 Å². The second-order valence-electron chi connectivity index (χ2n) is 10.6. The molecule has 0 bridgehead atoms. The van der Waals surface area contributed by atoms with Crippen LogP contribution in [0, 0.1) is 29.1 Å². The van der Waals surface area contributed by atoms with E-state index >= 15 is 0 Å². The quantitative estimate of drug-likeness (QED) is 0.489. The molecule has 4 fully saturated rings. The Morgan fingerprint density at radius 1 is 1.15 bits per heavy atom. The number of fused-ring (bicyclic) bond motifs is 5. The smallest absolute Gasteiger partial charge is 0.305 e. The van der Waals surface area contributed by atoms with Crippen LogP contribution in [-0.2, 0) is 14.3 Å². The molecule has 2 heterocycles. The Hall–Kier alpha value is -0.795. The molecule has 2 saturated heterocycles. The Kier molecular flexibility index (Phi) is 5.22. The summed E-state index contributed by atoms with van der Waals surface area (Å²) in [6, 6.07) is 0. The summed E-state index contributed by atoms with van der Waals surface area (Å²) >= 11 is 0. The summed E-state index contributed by atoms with van der Waals surface area (Å²) in [5, 5.41) is 0.418. The summed E-state index contributed by atoms with van der Waals surface area (Å²) in [6.07, 6.45) is 13.8. The molecular weight excluding hydrogens is 335 g/mol. The van der Waals surface area contributed by atoms with Crippen LogP contribution in [0.5, 0.6) is 0 Å². The van der Waals surface area contributed by atoms with Gasteiger partial charge in [0.2, 0.25) is 0 Å². The third-order valence-electron chi connectivity index (χ3n) is 9.75. The van der Waals surface area contributed by atoms with Gasteiger partial charge in [-0.1, -0.05) is 39.4 Å². The Bertz CT molecular complexity index is 604. The van der Waals surface area contributed by atoms with E-state index in [-0.39, 0.29) is 5.97 Å². The first-order valence-electron chi connectivity index (χ1n) is 11.5. The number of carbonyl (C=O) groups excluding carboxylic acids is 2. The summed E-state index contributed by atoms with van der Waals surface area (Å²) in [5.74, 6) is 2.75. The lowest BCUT2D eigenvalue weighted by molar-refractivity contribution is -0.140. The van der Waals surface area contributed by atoms with Crippen LogP contribution >= 0.6 is 0 Å². The first-order chi connectivity index (χ1) is 12.9. The van der Waals surface area contributed by atoms with Gasteiger partial charge in [-0.3, -0.25) is 4.79 Å². The highest BCUT2D eigenvalue weighted by Crippen LogP contribution is 2.68. The molecule has 6 atom stereocenters. The number of rotatable bonds is 4. The van der Waals surface area contributed by atoms with E-state index in [2.05, 4.69) is 13.8 Å². The summed E-state index contributed by atoms with van der Waals surface area (Å²) in [4.78, 5) is 24.8. The number of Topliss-reactive ketones (excluding diaryl/α,β-unsaturated/α-hetero) is 1. The van der Waals surface area contributed by atoms with Crippen LogP contribution in [0.1, 0.15) is 78.1 Å². The molecule has 0 amide bonds. The zero-order chi connectivity index (χ0) is 19.2. The van der Waals surface area contributed by atoms with Gasteiger partial charge in [-0.2, -0.15) is 0 Å². The SMILES string of the molecule is COC(=O)CCCC1CCC2C3C(=O)CB4CCCCC4(C)C3CCC12C. The van der Waals surface area contributed by atoms with Crippen LogP contribution in [-0.4, -0.2) is 25.6 Å². The molecule has 4 heteroatoms. The normalized spacial score (nSPS) is 43.7. The second kappa shape index (κ2) is 7.23. The van der Waals surface area contributed by atoms with Gasteiger partial charge < -0.3 is 9.53 Å². The van der Waals surface area contributed by atoms with Gasteiger partial charge in [0.25, 0.3) is 0 Å². The Labute approximate surface area is 165 Å². The maximum absolute atomic E-state index is 13.3. The second-order valence-corrected chi connectivity index (χ2v) is 10.6. The predicted molar refractivity (Wildman–Crippen MR) is 109 cm³/mol. The van der Waals surface area contributed by atoms with E-state index in [1.54, 1.807) is 0 Å². The highest BCUT2D eigenvalue weighted by atomic mass is 16.5. The summed E-state index contributed by atoms with van der Waals surface area (Å²) in [6.45, 7) is 5.67. The molecule has 0 aromatic rings. The summed E-state index contributed by atoms with van der Waals surface area (Å²) < 4.78 is 4.81. The lowest BCUT2D eigenvalue weighted by Crippen LogP contribution is -2.56. The van der Waals surface area contributed by atoms with Crippen molar-refractivity contribution in [1.29, 1.82) is 0 Å². The fourth-order valence-electron chi connectivity index (χ4n) is 8.14. The number of carbonyl (C=O) groups is 2. The molecule has 2 aliphatic heterocycles. The monoisotopic (exact) mass is 372 g/mol. The fourth-order valence-corrected chi connectivity index (χ4v) is 8.14. The molecule has 150 valence electrons. The molecule has 0 radical (unpaired) electrons. The highest BCUT2D eigenvalue weighted by Gasteiger charge is 2.62. The number of ketones is 1. The third kappa shape index (κ3) is 3.10. The summed E-state index contributed by atoms with van der Waals surface area (Å²) in [7, 11) is 1.48. The Morgan fingerprint density at radius 2 is 1.96 bits per heavy atom. The van der Waals surface area contributed by atoms with Gasteiger partial charge in [-0.05, 0) is 73.3 Å². The van der Waals surface area contributed by atoms with E-state index in [9.17, 15) is 9.59 Å². The average molecular weight is 372 g/mol. The lowest BCUT2D eigenvalue weighted by Gasteiger charge is -2.59. The van der Waals surface area contributed by atoms with Crippen molar-refractivity contribution in [3.8, 4) is 0 Å². The fraction of sp³-hybridized carbons (Fsp3) is 0.913. The topological polar surface area (TPSA) is 43.4 Å². The van der Waals surface area contributed by atoms with Crippen molar-refractivity contribution in [3.63, 3.8) is 0 Å². The molecule has 27 heavy (non-hydrogen) atoms. The van der Waals surface area contributed by atoms with Gasteiger partial charge in [0.05, 0.1) is 7.11 Å². The van der Waals surface area contributed by atoms with Gasteiger partial charge in [0.15, 0.2) is 6.71 Å². The van der Waals surface area contributed by atoms with Crippen LogP contribution in [0.25, 0.3) is 0 Å². The molecule has 4 aliphatic rings. The zero-order valence-electron chi connectivity index (χ0n) is 17.6. The average Bonchev–Trinajstić information content (AvgIpc) is 2.98. The largest absolute Gasteiger partial charge is 0.469 e. The number of ether oxygens (including phenoxy) is 1. The first kappa shape index (κ1) is 19.5. The van der Waals surface area contributed by atoms with Crippen molar-refractivity contribution in [3.05, 3.63) is 0 Å². The van der Waals surface area contributed by atoms with Gasteiger partial charge in [-0.15, -0.1) is 0 Å². The molecule has 2 aliphatic carbocycles. The van der Waals surface area contributed by atoms with E-state index < -0.39 is 0 Å². The molecule has 3 nitrogen and oxygen atoms in total. The Morgan fingerprint density at radius 3 is 2.74 bits per heavy atom. The lowest BCUT2D eigenvalue weighted by atomic mass is 9.20. The summed E-state index contributed by atoms with van der Waals surface area (Å²) in [5.41, 5.74) is 0.310. The minimum atomic E-state index is -0.0860. The standard InChI is InChI=1S/C23H37BO3/c1-22-13-11-18-21(19(25)15-24-14-5-4-12-23(18,24)2)17(22)10-9-16(22)7-6-8-20(26)27-3/h16-18,21H,4-15H2,1-3H3. The van der Waals surface area contributed by atoms with Gasteiger partial charge in [0, 0.05) is 12.3 Å². The minimum Gasteiger partial charge on any atom is -0.469 e. The molecule has 0 aromatic heterocycles. The molecule has 0 N–H and O–H groups in total. The number of hydrogen-bond donors (Lipinski definition) is 0. The molecule has 6 unspecified atom stereocenters. The van der Waals surface area contributed by atoms with E-state index in [0.29, 0.717) is 53.3 Å². The van der Waals surface area contributed by atoms with Gasteiger partial charge >= 0.3 is 5.97 Å². The van der Waals surface area contributed by atoms with Crippen molar-refractivity contribution >= 4 is 18.5 Å². The van der Waals surface area contributed by atoms with Gasteiger partial charge in [-0.25, -0.2) is 0 Å². The number of esters is 1. The van der Waals surface area contributed by atoms with E-state index in [1.165, 1.54) is 58.4 Å². The third-order valence-corrected chi connectivity index (χ3v) is 9.75. The van der Waals surface area contributed by atoms with Gasteiger partial charge in [0.1, 0.15) is 5.78 Å². The van der Waals surface area contributed by atoms with Crippen molar-refractivity contribution < 1.29 is 14.3 Å². The van der Waals surface area contributed by atoms with Crippen LogP contribution in [0.3, 0.4) is 0 Å². The van der Waals surface area contributed by atoms with E-state index in [1.807, 2.05) is 0 Å². The van der Waals surface area contributed by atoms with Crippen molar-refractivity contribution in [2.24, 2.45) is 29.1 Å². The van der Waals surface area contributed by atoms with Crippen molar-refractivity contribution in [2.75, 3.05) is 7.11 Å². The minimum absolute atomic E-state index is 0.0860. The number of methoxy groups -OCH3 is 1.